The molecule has 2 aromatic rings. The number of hydrogen-bond acceptors (Lipinski definition) is 3. The van der Waals surface area contributed by atoms with Crippen molar-refractivity contribution in [2.75, 3.05) is 19.3 Å². The minimum absolute atomic E-state index is 0.111. The van der Waals surface area contributed by atoms with E-state index in [1.807, 2.05) is 60.5 Å². The minimum atomic E-state index is -0.111. The smallest absolute Gasteiger partial charge is 0.252 e. The van der Waals surface area contributed by atoms with Gasteiger partial charge in [0.05, 0.1) is 11.3 Å². The first-order valence-corrected chi connectivity index (χ1v) is 11.9. The zero-order valence-electron chi connectivity index (χ0n) is 17.4. The van der Waals surface area contributed by atoms with Crippen LogP contribution in [-0.4, -0.2) is 42.1 Å². The summed E-state index contributed by atoms with van der Waals surface area (Å²) < 4.78 is 0. The normalized spacial score (nSPS) is 14.3. The Morgan fingerprint density at radius 2 is 1.77 bits per heavy atom. The van der Waals surface area contributed by atoms with Gasteiger partial charge in [0.1, 0.15) is 0 Å². The van der Waals surface area contributed by atoms with Crippen molar-refractivity contribution in [1.29, 1.82) is 0 Å². The number of nitrogens with zero attached hydrogens (tertiary/aromatic N) is 1. The van der Waals surface area contributed by atoms with Crippen LogP contribution in [0.2, 0.25) is 5.02 Å². The van der Waals surface area contributed by atoms with Crippen molar-refractivity contribution in [3.05, 3.63) is 64.7 Å². The molecular formula is C24H29ClN2O2S. The van der Waals surface area contributed by atoms with Crippen LogP contribution in [0.25, 0.3) is 0 Å². The van der Waals surface area contributed by atoms with E-state index in [0.29, 0.717) is 28.9 Å². The summed E-state index contributed by atoms with van der Waals surface area (Å²) in [5, 5.41) is 3.69. The average molecular weight is 445 g/mol. The molecule has 0 atom stereocenters. The fourth-order valence-electron chi connectivity index (χ4n) is 3.76. The van der Waals surface area contributed by atoms with E-state index in [4.69, 9.17) is 11.6 Å². The van der Waals surface area contributed by atoms with Gasteiger partial charge in [-0.25, -0.2) is 0 Å². The first kappa shape index (κ1) is 22.7. The summed E-state index contributed by atoms with van der Waals surface area (Å²) in [4.78, 5) is 28.1. The standard InChI is InChI=1S/C24H29ClN2O2S/c1-27(20-7-3-2-4-8-20)23(28)17-30-22-10-6-5-9-21(22)24(29)26-16-15-18-11-13-19(25)14-12-18/h5-6,9-14,20H,2-4,7-8,15-17H2,1H3,(H,26,29). The third kappa shape index (κ3) is 6.51. The summed E-state index contributed by atoms with van der Waals surface area (Å²) in [6.45, 7) is 0.544. The predicted molar refractivity (Wildman–Crippen MR) is 124 cm³/mol. The monoisotopic (exact) mass is 444 g/mol. The van der Waals surface area contributed by atoms with Crippen LogP contribution in [0.4, 0.5) is 0 Å². The van der Waals surface area contributed by atoms with Gasteiger partial charge in [-0.1, -0.05) is 55.1 Å². The quantitative estimate of drug-likeness (QED) is 0.569. The number of rotatable bonds is 8. The van der Waals surface area contributed by atoms with Gasteiger partial charge in [0, 0.05) is 29.6 Å². The Labute approximate surface area is 188 Å². The van der Waals surface area contributed by atoms with Crippen LogP contribution < -0.4 is 5.32 Å². The molecule has 0 aromatic heterocycles. The zero-order chi connectivity index (χ0) is 21.3. The topological polar surface area (TPSA) is 49.4 Å². The van der Waals surface area contributed by atoms with E-state index in [-0.39, 0.29) is 11.8 Å². The molecule has 3 rings (SSSR count). The van der Waals surface area contributed by atoms with Crippen LogP contribution in [0.1, 0.15) is 48.0 Å². The van der Waals surface area contributed by atoms with Gasteiger partial charge in [-0.05, 0) is 49.1 Å². The summed E-state index contributed by atoms with van der Waals surface area (Å²) in [5.41, 5.74) is 1.74. The van der Waals surface area contributed by atoms with Gasteiger partial charge in [0.2, 0.25) is 5.91 Å². The molecular weight excluding hydrogens is 416 g/mol. The SMILES string of the molecule is CN(C(=O)CSc1ccccc1C(=O)NCCc1ccc(Cl)cc1)C1CCCCC1. The van der Waals surface area contributed by atoms with Gasteiger partial charge in [-0.15, -0.1) is 11.8 Å². The van der Waals surface area contributed by atoms with Crippen LogP contribution in [0, 0.1) is 0 Å². The summed E-state index contributed by atoms with van der Waals surface area (Å²) in [7, 11) is 1.91. The molecule has 4 nitrogen and oxygen atoms in total. The maximum atomic E-state index is 12.7. The van der Waals surface area contributed by atoms with Crippen molar-refractivity contribution in [2.24, 2.45) is 0 Å². The molecule has 0 unspecified atom stereocenters. The highest BCUT2D eigenvalue weighted by molar-refractivity contribution is 8.00. The maximum absolute atomic E-state index is 12.7. The lowest BCUT2D eigenvalue weighted by Gasteiger charge is -2.31. The lowest BCUT2D eigenvalue weighted by atomic mass is 9.94. The molecule has 1 saturated carbocycles. The van der Waals surface area contributed by atoms with Gasteiger partial charge in [0.15, 0.2) is 0 Å². The van der Waals surface area contributed by atoms with E-state index >= 15 is 0 Å². The summed E-state index contributed by atoms with van der Waals surface area (Å²) >= 11 is 7.35. The Hall–Kier alpha value is -1.98. The number of amides is 2. The molecule has 1 N–H and O–H groups in total. The molecule has 1 aliphatic rings. The second kappa shape index (κ2) is 11.4. The van der Waals surface area contributed by atoms with Crippen LogP contribution in [0.5, 0.6) is 0 Å². The Morgan fingerprint density at radius 3 is 2.50 bits per heavy atom. The Balaban J connectivity index is 1.52. The molecule has 1 aliphatic carbocycles. The molecule has 30 heavy (non-hydrogen) atoms. The van der Waals surface area contributed by atoms with Gasteiger partial charge in [-0.3, -0.25) is 9.59 Å². The molecule has 0 spiro atoms. The van der Waals surface area contributed by atoms with E-state index < -0.39 is 0 Å². The van der Waals surface area contributed by atoms with Crippen molar-refractivity contribution in [1.82, 2.24) is 10.2 Å². The molecule has 0 heterocycles. The number of nitrogens with one attached hydrogen (secondary N) is 1. The van der Waals surface area contributed by atoms with Gasteiger partial charge in [0.25, 0.3) is 5.91 Å². The van der Waals surface area contributed by atoms with Crippen molar-refractivity contribution < 1.29 is 9.59 Å². The van der Waals surface area contributed by atoms with Crippen LogP contribution in [-0.2, 0) is 11.2 Å². The summed E-state index contributed by atoms with van der Waals surface area (Å²) in [6.07, 6.45) is 6.61. The number of hydrogen-bond donors (Lipinski definition) is 1. The van der Waals surface area contributed by atoms with Crippen molar-refractivity contribution in [3.8, 4) is 0 Å². The lowest BCUT2D eigenvalue weighted by Crippen LogP contribution is -2.39. The fourth-order valence-corrected chi connectivity index (χ4v) is 4.86. The molecule has 2 amide bonds. The summed E-state index contributed by atoms with van der Waals surface area (Å²) in [6, 6.07) is 15.5. The van der Waals surface area contributed by atoms with Crippen LogP contribution >= 0.6 is 23.4 Å². The average Bonchev–Trinajstić information content (AvgIpc) is 2.79. The summed E-state index contributed by atoms with van der Waals surface area (Å²) in [5.74, 6) is 0.368. The van der Waals surface area contributed by atoms with Gasteiger partial charge in [-0.2, -0.15) is 0 Å². The van der Waals surface area contributed by atoms with Gasteiger partial charge < -0.3 is 10.2 Å². The first-order chi connectivity index (χ1) is 14.5. The van der Waals surface area contributed by atoms with Crippen molar-refractivity contribution in [2.45, 2.75) is 49.5 Å². The van der Waals surface area contributed by atoms with E-state index in [9.17, 15) is 9.59 Å². The molecule has 0 radical (unpaired) electrons. The fraction of sp³-hybridized carbons (Fsp3) is 0.417. The highest BCUT2D eigenvalue weighted by atomic mass is 35.5. The molecule has 2 aromatic carbocycles. The highest BCUT2D eigenvalue weighted by Gasteiger charge is 2.22. The Morgan fingerprint density at radius 1 is 1.07 bits per heavy atom. The molecule has 0 saturated heterocycles. The highest BCUT2D eigenvalue weighted by Crippen LogP contribution is 2.25. The van der Waals surface area contributed by atoms with Crippen molar-refractivity contribution in [3.63, 3.8) is 0 Å². The van der Waals surface area contributed by atoms with E-state index in [1.165, 1.54) is 31.0 Å². The molecule has 0 aliphatic heterocycles. The molecule has 6 heteroatoms. The number of benzene rings is 2. The molecule has 0 bridgehead atoms. The number of halogens is 1. The lowest BCUT2D eigenvalue weighted by molar-refractivity contribution is -0.129. The van der Waals surface area contributed by atoms with E-state index in [2.05, 4.69) is 5.32 Å². The second-order valence-corrected chi connectivity index (χ2v) is 9.17. The number of carbonyl (C=O) groups is 2. The van der Waals surface area contributed by atoms with E-state index in [1.54, 1.807) is 0 Å². The zero-order valence-corrected chi connectivity index (χ0v) is 19.0. The predicted octanol–water partition coefficient (Wildman–Crippen LogP) is 5.20. The number of thioether (sulfide) groups is 1. The first-order valence-electron chi connectivity index (χ1n) is 10.5. The Bertz CT molecular complexity index is 851. The van der Waals surface area contributed by atoms with Crippen LogP contribution in [0.15, 0.2) is 53.4 Å². The molecule has 1 fully saturated rings. The maximum Gasteiger partial charge on any atom is 0.252 e. The van der Waals surface area contributed by atoms with Crippen molar-refractivity contribution >= 4 is 35.2 Å². The Kier molecular flexibility index (Phi) is 8.64. The number of carbonyl (C=O) groups excluding carboxylic acids is 2. The largest absolute Gasteiger partial charge is 0.352 e. The van der Waals surface area contributed by atoms with Gasteiger partial charge >= 0.3 is 0 Å². The van der Waals surface area contributed by atoms with Crippen LogP contribution in [0.3, 0.4) is 0 Å². The minimum Gasteiger partial charge on any atom is -0.352 e. The van der Waals surface area contributed by atoms with E-state index in [0.717, 1.165) is 29.7 Å². The molecule has 160 valence electrons. The third-order valence-corrected chi connectivity index (χ3v) is 6.92. The third-order valence-electron chi connectivity index (χ3n) is 5.61. The second-order valence-electron chi connectivity index (χ2n) is 7.71.